The zero-order valence-electron chi connectivity index (χ0n) is 9.97. The molecule has 0 amide bonds. The average Bonchev–Trinajstić information content (AvgIpc) is 2.19. The number of ether oxygens (including phenoxy) is 1. The molecule has 3 nitrogen and oxygen atoms in total. The van der Waals surface area contributed by atoms with E-state index in [4.69, 9.17) is 10.00 Å². The quantitative estimate of drug-likeness (QED) is 0.772. The van der Waals surface area contributed by atoms with Gasteiger partial charge in [-0.2, -0.15) is 5.26 Å². The van der Waals surface area contributed by atoms with Crippen LogP contribution in [-0.2, 0) is 16.8 Å². The van der Waals surface area contributed by atoms with E-state index in [0.717, 1.165) is 6.20 Å². The Hall–Kier alpha value is -1.47. The topological polar surface area (TPSA) is 45.9 Å². The Morgan fingerprint density at radius 1 is 1.50 bits per heavy atom. The van der Waals surface area contributed by atoms with Gasteiger partial charge in [0.05, 0.1) is 24.1 Å². The lowest BCUT2D eigenvalue weighted by molar-refractivity contribution is 0.181. The highest BCUT2D eigenvalue weighted by Crippen LogP contribution is 2.27. The molecule has 0 unspecified atom stereocenters. The lowest BCUT2D eigenvalue weighted by Gasteiger charge is -2.20. The van der Waals surface area contributed by atoms with Crippen molar-refractivity contribution in [1.82, 2.24) is 4.98 Å². The minimum atomic E-state index is -0.494. The van der Waals surface area contributed by atoms with Crippen LogP contribution < -0.4 is 0 Å². The van der Waals surface area contributed by atoms with Crippen LogP contribution in [0.1, 0.15) is 37.6 Å². The molecule has 86 valence electrons. The summed E-state index contributed by atoms with van der Waals surface area (Å²) in [5.41, 5.74) is 0.879. The van der Waals surface area contributed by atoms with Crippen LogP contribution in [0, 0.1) is 17.1 Å². The Morgan fingerprint density at radius 2 is 2.12 bits per heavy atom. The molecule has 1 aromatic rings. The maximum Gasteiger partial charge on any atom is 0.148 e. The number of rotatable bonds is 2. The summed E-state index contributed by atoms with van der Waals surface area (Å²) in [6, 6.07) is 2.01. The summed E-state index contributed by atoms with van der Waals surface area (Å²) < 4.78 is 18.4. The minimum Gasteiger partial charge on any atom is -0.380 e. The van der Waals surface area contributed by atoms with Gasteiger partial charge in [-0.15, -0.1) is 0 Å². The molecule has 0 aliphatic rings. The average molecular weight is 222 g/mol. The lowest BCUT2D eigenvalue weighted by Crippen LogP contribution is -2.18. The smallest absolute Gasteiger partial charge is 0.148 e. The zero-order chi connectivity index (χ0) is 12.3. The van der Waals surface area contributed by atoms with E-state index >= 15 is 0 Å². The first-order valence-electron chi connectivity index (χ1n) is 4.98. The van der Waals surface area contributed by atoms with Crippen LogP contribution in [-0.4, -0.2) is 12.1 Å². The number of hydrogen-bond acceptors (Lipinski definition) is 3. The number of aromatic nitrogens is 1. The highest BCUT2D eigenvalue weighted by molar-refractivity contribution is 5.43. The molecule has 0 fully saturated rings. The summed E-state index contributed by atoms with van der Waals surface area (Å²) in [6.07, 6.45) is 1.15. The van der Waals surface area contributed by atoms with Crippen molar-refractivity contribution < 1.29 is 9.13 Å². The molecule has 0 saturated heterocycles. The van der Waals surface area contributed by atoms with Gasteiger partial charge in [-0.3, -0.25) is 4.98 Å². The van der Waals surface area contributed by atoms with Crippen molar-refractivity contribution in [3.05, 3.63) is 28.8 Å². The summed E-state index contributed by atoms with van der Waals surface area (Å²) in [7, 11) is 1.47. The van der Waals surface area contributed by atoms with Crippen molar-refractivity contribution in [2.45, 2.75) is 32.8 Å². The third-order valence-electron chi connectivity index (χ3n) is 2.24. The van der Waals surface area contributed by atoms with Crippen LogP contribution in [0.2, 0.25) is 0 Å². The molecule has 4 heteroatoms. The second kappa shape index (κ2) is 4.58. The fraction of sp³-hybridized carbons (Fsp3) is 0.500. The number of halogens is 1. The predicted octanol–water partition coefficient (Wildman–Crippen LogP) is 2.54. The molecule has 0 spiro atoms. The summed E-state index contributed by atoms with van der Waals surface area (Å²) in [6.45, 7) is 5.89. The van der Waals surface area contributed by atoms with Gasteiger partial charge in [-0.25, -0.2) is 4.39 Å². The molecule has 1 heterocycles. The molecule has 16 heavy (non-hydrogen) atoms. The van der Waals surface area contributed by atoms with Gasteiger partial charge in [0.25, 0.3) is 0 Å². The number of hydrogen-bond donors (Lipinski definition) is 0. The minimum absolute atomic E-state index is 0.0837. The summed E-state index contributed by atoms with van der Waals surface area (Å²) in [4.78, 5) is 4.01. The fourth-order valence-electron chi connectivity index (χ4n) is 1.50. The van der Waals surface area contributed by atoms with Gasteiger partial charge in [0.2, 0.25) is 0 Å². The molecule has 1 rings (SSSR count). The second-order valence-electron chi connectivity index (χ2n) is 4.60. The number of nitrogens with zero attached hydrogens (tertiary/aromatic N) is 2. The molecule has 0 N–H and O–H groups in total. The summed E-state index contributed by atoms with van der Waals surface area (Å²) >= 11 is 0. The van der Waals surface area contributed by atoms with E-state index in [1.165, 1.54) is 7.11 Å². The van der Waals surface area contributed by atoms with Gasteiger partial charge >= 0.3 is 0 Å². The van der Waals surface area contributed by atoms with Crippen LogP contribution >= 0.6 is 0 Å². The van der Waals surface area contributed by atoms with Crippen molar-refractivity contribution >= 4 is 0 Å². The van der Waals surface area contributed by atoms with E-state index in [2.05, 4.69) is 4.98 Å². The maximum atomic E-state index is 13.5. The Balaban J connectivity index is 3.45. The van der Waals surface area contributed by atoms with Crippen LogP contribution in [0.15, 0.2) is 6.20 Å². The van der Waals surface area contributed by atoms with Crippen LogP contribution in [0.3, 0.4) is 0 Å². The van der Waals surface area contributed by atoms with Crippen LogP contribution in [0.5, 0.6) is 0 Å². The molecule has 1 aromatic heterocycles. The van der Waals surface area contributed by atoms with Crippen molar-refractivity contribution in [2.24, 2.45) is 0 Å². The van der Waals surface area contributed by atoms with Crippen LogP contribution in [0.25, 0.3) is 0 Å². The number of methoxy groups -OCH3 is 1. The SMILES string of the molecule is COCc1c(F)cnc(C(C)(C)C)c1C#N. The molecule has 0 saturated carbocycles. The Labute approximate surface area is 94.9 Å². The molecule has 0 aliphatic carbocycles. The first kappa shape index (κ1) is 12.6. The first-order valence-corrected chi connectivity index (χ1v) is 4.98. The molecular formula is C12H15FN2O. The first-order chi connectivity index (χ1) is 7.41. The van der Waals surface area contributed by atoms with Crippen molar-refractivity contribution in [2.75, 3.05) is 7.11 Å². The molecule has 0 atom stereocenters. The van der Waals surface area contributed by atoms with Gasteiger partial charge in [0.15, 0.2) is 0 Å². The van der Waals surface area contributed by atoms with E-state index < -0.39 is 5.82 Å². The van der Waals surface area contributed by atoms with E-state index in [0.29, 0.717) is 5.69 Å². The lowest BCUT2D eigenvalue weighted by atomic mass is 9.87. The Bertz CT molecular complexity index is 430. The fourth-order valence-corrected chi connectivity index (χ4v) is 1.50. The molecular weight excluding hydrogens is 207 g/mol. The second-order valence-corrected chi connectivity index (χ2v) is 4.60. The predicted molar refractivity (Wildman–Crippen MR) is 58.3 cm³/mol. The highest BCUT2D eigenvalue weighted by Gasteiger charge is 2.23. The van der Waals surface area contributed by atoms with E-state index in [1.807, 2.05) is 26.8 Å². The zero-order valence-corrected chi connectivity index (χ0v) is 9.97. The molecule has 0 bridgehead atoms. The molecule has 0 radical (unpaired) electrons. The van der Waals surface area contributed by atoms with Gasteiger partial charge < -0.3 is 4.74 Å². The largest absolute Gasteiger partial charge is 0.380 e. The van der Waals surface area contributed by atoms with Gasteiger partial charge in [-0.1, -0.05) is 20.8 Å². The third kappa shape index (κ3) is 2.37. The number of nitriles is 1. The molecule has 0 aromatic carbocycles. The monoisotopic (exact) mass is 222 g/mol. The van der Waals surface area contributed by atoms with Crippen LogP contribution in [0.4, 0.5) is 4.39 Å². The van der Waals surface area contributed by atoms with E-state index in [9.17, 15) is 4.39 Å². The van der Waals surface area contributed by atoms with Gasteiger partial charge in [-0.05, 0) is 0 Å². The van der Waals surface area contributed by atoms with E-state index in [-0.39, 0.29) is 23.1 Å². The summed E-state index contributed by atoms with van der Waals surface area (Å²) in [5.74, 6) is -0.494. The number of pyridine rings is 1. The Morgan fingerprint density at radius 3 is 2.56 bits per heavy atom. The highest BCUT2D eigenvalue weighted by atomic mass is 19.1. The maximum absolute atomic E-state index is 13.5. The Kier molecular flexibility index (Phi) is 3.61. The van der Waals surface area contributed by atoms with E-state index in [1.54, 1.807) is 0 Å². The third-order valence-corrected chi connectivity index (χ3v) is 2.24. The normalized spacial score (nSPS) is 11.2. The molecule has 0 aliphatic heterocycles. The van der Waals surface area contributed by atoms with Crippen molar-refractivity contribution in [3.63, 3.8) is 0 Å². The van der Waals surface area contributed by atoms with Gasteiger partial charge in [0, 0.05) is 18.1 Å². The standard InChI is InChI=1S/C12H15FN2O/c1-12(2,3)11-8(5-14)9(7-16-4)10(13)6-15-11/h6H,7H2,1-4H3. The summed E-state index contributed by atoms with van der Waals surface area (Å²) in [5, 5.41) is 9.10. The van der Waals surface area contributed by atoms with Crippen molar-refractivity contribution in [1.29, 1.82) is 5.26 Å². The van der Waals surface area contributed by atoms with Gasteiger partial charge in [0.1, 0.15) is 11.9 Å². The van der Waals surface area contributed by atoms with Crippen molar-refractivity contribution in [3.8, 4) is 6.07 Å².